The number of fused-ring (bicyclic) bond motifs is 1. The van der Waals surface area contributed by atoms with E-state index in [4.69, 9.17) is 4.74 Å². The number of hydrogen-bond acceptors (Lipinski definition) is 4. The summed E-state index contributed by atoms with van der Waals surface area (Å²) in [5.74, 6) is 0.365. The average molecular weight is 441 g/mol. The minimum Gasteiger partial charge on any atom is -0.496 e. The molecule has 0 saturated carbocycles. The number of piperazine rings is 1. The lowest BCUT2D eigenvalue weighted by atomic mass is 9.99. The predicted octanol–water partition coefficient (Wildman–Crippen LogP) is 3.42. The molecule has 1 fully saturated rings. The van der Waals surface area contributed by atoms with Gasteiger partial charge in [-0.3, -0.25) is 14.6 Å². The second-order valence-corrected chi connectivity index (χ2v) is 8.05. The summed E-state index contributed by atoms with van der Waals surface area (Å²) in [6, 6.07) is 18.8. The number of aromatic amines is 1. The number of pyridine rings is 1. The van der Waals surface area contributed by atoms with Crippen molar-refractivity contribution in [3.8, 4) is 16.9 Å². The fraction of sp³-hybridized carbons (Fsp3) is 0.192. The van der Waals surface area contributed by atoms with E-state index in [1.807, 2.05) is 60.8 Å². The van der Waals surface area contributed by atoms with E-state index in [2.05, 4.69) is 15.3 Å². The Kier molecular flexibility index (Phi) is 5.52. The first-order chi connectivity index (χ1) is 16.1. The zero-order valence-corrected chi connectivity index (χ0v) is 18.2. The third-order valence-electron chi connectivity index (χ3n) is 6.04. The first kappa shape index (κ1) is 20.8. The first-order valence-corrected chi connectivity index (χ1v) is 10.9. The van der Waals surface area contributed by atoms with Gasteiger partial charge in [0.05, 0.1) is 7.11 Å². The highest BCUT2D eigenvalue weighted by Crippen LogP contribution is 2.27. The standard InChI is InChI=1S/C26H24N4O3/c1-33-24-6-2-5-21-20(24)15-22(29-21)26(32)30-13-12-28-25(31)23(30)14-17-7-9-18(10-8-17)19-4-3-11-27-16-19/h2-11,15-16,23,29H,12-14H2,1H3,(H,28,31)/t23-/m0/s1. The van der Waals surface area contributed by atoms with Gasteiger partial charge in [-0.15, -0.1) is 0 Å². The fourth-order valence-electron chi connectivity index (χ4n) is 4.33. The van der Waals surface area contributed by atoms with Crippen molar-refractivity contribution in [3.05, 3.63) is 84.3 Å². The molecular weight excluding hydrogens is 416 g/mol. The molecule has 1 atom stereocenters. The Hall–Kier alpha value is -4.13. The Balaban J connectivity index is 1.39. The van der Waals surface area contributed by atoms with Crippen molar-refractivity contribution in [2.45, 2.75) is 12.5 Å². The van der Waals surface area contributed by atoms with Crippen LogP contribution in [0.4, 0.5) is 0 Å². The maximum Gasteiger partial charge on any atom is 0.271 e. The number of aromatic nitrogens is 2. The topological polar surface area (TPSA) is 87.3 Å². The number of H-pyrrole nitrogens is 1. The summed E-state index contributed by atoms with van der Waals surface area (Å²) >= 11 is 0. The minimum absolute atomic E-state index is 0.139. The molecular formula is C26H24N4O3. The van der Waals surface area contributed by atoms with Gasteiger partial charge in [0, 0.05) is 42.8 Å². The predicted molar refractivity (Wildman–Crippen MR) is 126 cm³/mol. The molecule has 3 heterocycles. The molecule has 2 aromatic heterocycles. The summed E-state index contributed by atoms with van der Waals surface area (Å²) in [6.45, 7) is 0.889. The second kappa shape index (κ2) is 8.78. The van der Waals surface area contributed by atoms with E-state index in [0.717, 1.165) is 27.6 Å². The SMILES string of the molecule is COc1cccc2[nH]c(C(=O)N3CCNC(=O)[C@@H]3Cc3ccc(-c4cccnc4)cc3)cc12. The molecule has 2 amide bonds. The van der Waals surface area contributed by atoms with Crippen LogP contribution in [0, 0.1) is 0 Å². The normalized spacial score (nSPS) is 16.0. The number of carbonyl (C=O) groups excluding carboxylic acids is 2. The van der Waals surface area contributed by atoms with Crippen LogP contribution in [0.5, 0.6) is 5.75 Å². The molecule has 0 aliphatic carbocycles. The van der Waals surface area contributed by atoms with Crippen LogP contribution in [-0.4, -0.2) is 52.9 Å². The van der Waals surface area contributed by atoms with Crippen LogP contribution in [-0.2, 0) is 11.2 Å². The number of amides is 2. The van der Waals surface area contributed by atoms with Gasteiger partial charge in [-0.25, -0.2) is 0 Å². The van der Waals surface area contributed by atoms with Crippen LogP contribution in [0.2, 0.25) is 0 Å². The molecule has 4 aromatic rings. The number of rotatable bonds is 5. The van der Waals surface area contributed by atoms with Gasteiger partial charge in [-0.05, 0) is 41.0 Å². The summed E-state index contributed by atoms with van der Waals surface area (Å²) in [5, 5.41) is 3.74. The molecule has 2 N–H and O–H groups in total. The Bertz CT molecular complexity index is 1300. The Morgan fingerprint density at radius 2 is 1.97 bits per heavy atom. The zero-order chi connectivity index (χ0) is 22.8. The first-order valence-electron chi connectivity index (χ1n) is 10.9. The summed E-state index contributed by atoms with van der Waals surface area (Å²) in [7, 11) is 1.61. The average Bonchev–Trinajstić information content (AvgIpc) is 3.30. The molecule has 5 rings (SSSR count). The van der Waals surface area contributed by atoms with E-state index < -0.39 is 6.04 Å². The lowest BCUT2D eigenvalue weighted by molar-refractivity contribution is -0.127. The molecule has 2 aromatic carbocycles. The number of methoxy groups -OCH3 is 1. The molecule has 0 bridgehead atoms. The van der Waals surface area contributed by atoms with Crippen molar-refractivity contribution >= 4 is 22.7 Å². The highest BCUT2D eigenvalue weighted by molar-refractivity contribution is 6.02. The highest BCUT2D eigenvalue weighted by atomic mass is 16.5. The number of carbonyl (C=O) groups is 2. The Morgan fingerprint density at radius 3 is 2.73 bits per heavy atom. The number of benzene rings is 2. The number of nitrogens with zero attached hydrogens (tertiary/aromatic N) is 2. The van der Waals surface area contributed by atoms with Gasteiger partial charge in [0.15, 0.2) is 0 Å². The van der Waals surface area contributed by atoms with Gasteiger partial charge < -0.3 is 19.9 Å². The van der Waals surface area contributed by atoms with Crippen molar-refractivity contribution in [1.82, 2.24) is 20.2 Å². The smallest absolute Gasteiger partial charge is 0.271 e. The van der Waals surface area contributed by atoms with Crippen LogP contribution in [0.3, 0.4) is 0 Å². The fourth-order valence-corrected chi connectivity index (χ4v) is 4.33. The molecule has 0 unspecified atom stereocenters. The molecule has 0 radical (unpaired) electrons. The van der Waals surface area contributed by atoms with Crippen LogP contribution >= 0.6 is 0 Å². The Morgan fingerprint density at radius 1 is 1.12 bits per heavy atom. The highest BCUT2D eigenvalue weighted by Gasteiger charge is 2.34. The van der Waals surface area contributed by atoms with Gasteiger partial charge in [-0.1, -0.05) is 36.4 Å². The van der Waals surface area contributed by atoms with E-state index in [1.165, 1.54) is 0 Å². The number of nitrogens with one attached hydrogen (secondary N) is 2. The van der Waals surface area contributed by atoms with Gasteiger partial charge in [0.1, 0.15) is 17.5 Å². The van der Waals surface area contributed by atoms with Gasteiger partial charge in [0.25, 0.3) is 5.91 Å². The lowest BCUT2D eigenvalue weighted by Gasteiger charge is -2.35. The van der Waals surface area contributed by atoms with Crippen molar-refractivity contribution in [1.29, 1.82) is 0 Å². The molecule has 166 valence electrons. The number of ether oxygens (including phenoxy) is 1. The quantitative estimate of drug-likeness (QED) is 0.498. The van der Waals surface area contributed by atoms with E-state index in [1.54, 1.807) is 24.3 Å². The van der Waals surface area contributed by atoms with E-state index in [-0.39, 0.29) is 11.8 Å². The molecule has 33 heavy (non-hydrogen) atoms. The maximum atomic E-state index is 13.4. The summed E-state index contributed by atoms with van der Waals surface area (Å²) < 4.78 is 5.41. The monoisotopic (exact) mass is 440 g/mol. The van der Waals surface area contributed by atoms with E-state index in [9.17, 15) is 9.59 Å². The van der Waals surface area contributed by atoms with Crippen LogP contribution in [0.1, 0.15) is 16.1 Å². The maximum absolute atomic E-state index is 13.4. The van der Waals surface area contributed by atoms with Crippen LogP contribution < -0.4 is 10.1 Å². The van der Waals surface area contributed by atoms with Crippen molar-refractivity contribution in [3.63, 3.8) is 0 Å². The molecule has 1 saturated heterocycles. The third kappa shape index (κ3) is 4.05. The van der Waals surface area contributed by atoms with Crippen LogP contribution in [0.25, 0.3) is 22.0 Å². The number of hydrogen-bond donors (Lipinski definition) is 2. The third-order valence-corrected chi connectivity index (χ3v) is 6.04. The molecule has 1 aliphatic rings. The Labute approximate surface area is 191 Å². The largest absolute Gasteiger partial charge is 0.496 e. The minimum atomic E-state index is -0.580. The molecule has 1 aliphatic heterocycles. The zero-order valence-electron chi connectivity index (χ0n) is 18.2. The van der Waals surface area contributed by atoms with Gasteiger partial charge in [-0.2, -0.15) is 0 Å². The summed E-state index contributed by atoms with van der Waals surface area (Å²) in [4.78, 5) is 35.2. The van der Waals surface area contributed by atoms with Gasteiger partial charge in [0.2, 0.25) is 5.91 Å². The van der Waals surface area contributed by atoms with Crippen molar-refractivity contribution < 1.29 is 14.3 Å². The molecule has 7 nitrogen and oxygen atoms in total. The van der Waals surface area contributed by atoms with Crippen molar-refractivity contribution in [2.75, 3.05) is 20.2 Å². The second-order valence-electron chi connectivity index (χ2n) is 8.05. The molecule has 0 spiro atoms. The van der Waals surface area contributed by atoms with Gasteiger partial charge >= 0.3 is 0 Å². The van der Waals surface area contributed by atoms with Crippen molar-refractivity contribution in [2.24, 2.45) is 0 Å². The lowest BCUT2D eigenvalue weighted by Crippen LogP contribution is -2.58. The van der Waals surface area contributed by atoms with Crippen LogP contribution in [0.15, 0.2) is 73.1 Å². The van der Waals surface area contributed by atoms with E-state index in [0.29, 0.717) is 31.0 Å². The summed E-state index contributed by atoms with van der Waals surface area (Å²) in [5.41, 5.74) is 4.34. The van der Waals surface area contributed by atoms with E-state index >= 15 is 0 Å². The summed E-state index contributed by atoms with van der Waals surface area (Å²) in [6.07, 6.45) is 4.00. The molecule has 7 heteroatoms.